The van der Waals surface area contributed by atoms with Crippen LogP contribution < -0.4 is 9.47 Å². The van der Waals surface area contributed by atoms with Gasteiger partial charge in [-0.05, 0) is 30.9 Å². The third-order valence-electron chi connectivity index (χ3n) is 4.33. The molecular weight excluding hydrogens is 294 g/mol. The summed E-state index contributed by atoms with van der Waals surface area (Å²) in [5.74, 6) is 2.42. The van der Waals surface area contributed by atoms with E-state index in [9.17, 15) is 0 Å². The highest BCUT2D eigenvalue weighted by atomic mass is 16.7. The van der Waals surface area contributed by atoms with E-state index in [1.54, 1.807) is 0 Å². The molecule has 1 aromatic rings. The van der Waals surface area contributed by atoms with Crippen LogP contribution in [0.1, 0.15) is 26.2 Å². The molecule has 0 aliphatic carbocycles. The van der Waals surface area contributed by atoms with Gasteiger partial charge in [0.2, 0.25) is 0 Å². The van der Waals surface area contributed by atoms with Crippen LogP contribution in [0.2, 0.25) is 0 Å². The number of benzene rings is 1. The van der Waals surface area contributed by atoms with Gasteiger partial charge in [0, 0.05) is 19.5 Å². The summed E-state index contributed by atoms with van der Waals surface area (Å²) in [6.07, 6.45) is 3.46. The van der Waals surface area contributed by atoms with Gasteiger partial charge in [-0.1, -0.05) is 19.1 Å². The highest BCUT2D eigenvalue weighted by Crippen LogP contribution is 2.31. The molecule has 0 amide bonds. The van der Waals surface area contributed by atoms with Crippen molar-refractivity contribution in [3.8, 4) is 11.5 Å². The summed E-state index contributed by atoms with van der Waals surface area (Å²) in [5.41, 5.74) is 0. The van der Waals surface area contributed by atoms with E-state index in [4.69, 9.17) is 18.9 Å². The molecule has 0 radical (unpaired) electrons. The number of piperidine rings is 1. The van der Waals surface area contributed by atoms with E-state index in [-0.39, 0.29) is 6.10 Å². The van der Waals surface area contributed by atoms with E-state index in [2.05, 4.69) is 11.8 Å². The van der Waals surface area contributed by atoms with Gasteiger partial charge < -0.3 is 18.9 Å². The minimum absolute atomic E-state index is 0.0489. The van der Waals surface area contributed by atoms with Crippen LogP contribution in [-0.2, 0) is 9.47 Å². The molecule has 2 atom stereocenters. The third-order valence-corrected chi connectivity index (χ3v) is 4.33. The van der Waals surface area contributed by atoms with Gasteiger partial charge in [0.05, 0.1) is 6.61 Å². The van der Waals surface area contributed by atoms with Gasteiger partial charge in [-0.25, -0.2) is 0 Å². The average Bonchev–Trinajstić information content (AvgIpc) is 2.58. The molecule has 2 aliphatic heterocycles. The van der Waals surface area contributed by atoms with Crippen molar-refractivity contribution in [1.29, 1.82) is 0 Å². The number of fused-ring (bicyclic) bond motifs is 1. The first-order chi connectivity index (χ1) is 11.3. The van der Waals surface area contributed by atoms with E-state index >= 15 is 0 Å². The van der Waals surface area contributed by atoms with Crippen LogP contribution in [0.15, 0.2) is 24.3 Å². The van der Waals surface area contributed by atoms with Crippen LogP contribution in [0.25, 0.3) is 0 Å². The first-order valence-corrected chi connectivity index (χ1v) is 8.57. The van der Waals surface area contributed by atoms with Gasteiger partial charge in [-0.15, -0.1) is 0 Å². The van der Waals surface area contributed by atoms with Crippen LogP contribution in [0, 0.1) is 5.92 Å². The van der Waals surface area contributed by atoms with Crippen molar-refractivity contribution in [1.82, 2.24) is 4.90 Å². The molecule has 0 saturated carbocycles. The highest BCUT2D eigenvalue weighted by Gasteiger charge is 2.20. The second kappa shape index (κ2) is 8.52. The number of para-hydroxylation sites is 2. The Morgan fingerprint density at radius 2 is 2.09 bits per heavy atom. The molecule has 0 bridgehead atoms. The molecule has 5 heteroatoms. The zero-order chi connectivity index (χ0) is 15.9. The van der Waals surface area contributed by atoms with Crippen molar-refractivity contribution in [3.63, 3.8) is 0 Å². The molecule has 2 aliphatic rings. The minimum atomic E-state index is 0.0489. The lowest BCUT2D eigenvalue weighted by Crippen LogP contribution is -2.36. The first-order valence-electron chi connectivity index (χ1n) is 8.57. The molecule has 5 nitrogen and oxygen atoms in total. The van der Waals surface area contributed by atoms with Gasteiger partial charge in [0.1, 0.15) is 26.2 Å². The smallest absolute Gasteiger partial charge is 0.161 e. The molecule has 23 heavy (non-hydrogen) atoms. The number of hydrogen-bond acceptors (Lipinski definition) is 5. The quantitative estimate of drug-likeness (QED) is 0.570. The van der Waals surface area contributed by atoms with Crippen molar-refractivity contribution in [2.75, 3.05) is 39.8 Å². The Hall–Kier alpha value is -1.30. The lowest BCUT2D eigenvalue weighted by molar-refractivity contribution is -0.1000. The maximum Gasteiger partial charge on any atom is 0.161 e. The Morgan fingerprint density at radius 3 is 2.96 bits per heavy atom. The predicted octanol–water partition coefficient (Wildman–Crippen LogP) is 2.90. The van der Waals surface area contributed by atoms with Crippen LogP contribution in [0.3, 0.4) is 0 Å². The topological polar surface area (TPSA) is 40.2 Å². The molecular formula is C18H27NO4. The molecule has 3 rings (SSSR count). The van der Waals surface area contributed by atoms with Crippen molar-refractivity contribution in [3.05, 3.63) is 24.3 Å². The summed E-state index contributed by atoms with van der Waals surface area (Å²) in [4.78, 5) is 2.35. The number of nitrogens with zero attached hydrogens (tertiary/aromatic N) is 1. The minimum Gasteiger partial charge on any atom is -0.486 e. The highest BCUT2D eigenvalue weighted by molar-refractivity contribution is 5.40. The van der Waals surface area contributed by atoms with Crippen LogP contribution >= 0.6 is 0 Å². The van der Waals surface area contributed by atoms with E-state index in [0.29, 0.717) is 26.7 Å². The standard InChI is InChI=1S/C18H27NO4/c1-15-5-4-9-19(11-15)13-21-14-20-10-8-16-12-22-17-6-2-3-7-18(17)23-16/h2-3,6-7,15-16H,4-5,8-14H2,1H3. The van der Waals surface area contributed by atoms with Crippen molar-refractivity contribution >= 4 is 0 Å². The monoisotopic (exact) mass is 321 g/mol. The van der Waals surface area contributed by atoms with Gasteiger partial charge in [-0.3, -0.25) is 4.90 Å². The Kier molecular flexibility index (Phi) is 6.13. The summed E-state index contributed by atoms with van der Waals surface area (Å²) in [5, 5.41) is 0. The lowest BCUT2D eigenvalue weighted by Gasteiger charge is -2.30. The Bertz CT molecular complexity index is 482. The van der Waals surface area contributed by atoms with E-state index in [1.165, 1.54) is 12.8 Å². The average molecular weight is 321 g/mol. The number of likely N-dealkylation sites (tertiary alicyclic amines) is 1. The maximum atomic E-state index is 5.89. The predicted molar refractivity (Wildman–Crippen MR) is 87.7 cm³/mol. The van der Waals surface area contributed by atoms with Crippen molar-refractivity contribution < 1.29 is 18.9 Å². The zero-order valence-corrected chi connectivity index (χ0v) is 13.9. The Balaban J connectivity index is 1.25. The van der Waals surface area contributed by atoms with Gasteiger partial charge in [-0.2, -0.15) is 0 Å². The second-order valence-corrected chi connectivity index (χ2v) is 6.47. The molecule has 1 saturated heterocycles. The summed E-state index contributed by atoms with van der Waals surface area (Å²) in [6, 6.07) is 7.77. The Morgan fingerprint density at radius 1 is 1.22 bits per heavy atom. The van der Waals surface area contributed by atoms with E-state index in [1.807, 2.05) is 24.3 Å². The molecule has 0 N–H and O–H groups in total. The summed E-state index contributed by atoms with van der Waals surface area (Å²) >= 11 is 0. The zero-order valence-electron chi connectivity index (χ0n) is 13.9. The normalized spacial score (nSPS) is 24.6. The second-order valence-electron chi connectivity index (χ2n) is 6.47. The molecule has 2 heterocycles. The number of hydrogen-bond donors (Lipinski definition) is 0. The van der Waals surface area contributed by atoms with Crippen LogP contribution in [0.4, 0.5) is 0 Å². The van der Waals surface area contributed by atoms with Gasteiger partial charge in [0.25, 0.3) is 0 Å². The fourth-order valence-corrected chi connectivity index (χ4v) is 3.11. The fourth-order valence-electron chi connectivity index (χ4n) is 3.11. The number of ether oxygens (including phenoxy) is 4. The Labute approximate surface area is 138 Å². The van der Waals surface area contributed by atoms with Gasteiger partial charge in [0.15, 0.2) is 11.5 Å². The van der Waals surface area contributed by atoms with Crippen LogP contribution in [0.5, 0.6) is 11.5 Å². The molecule has 1 aromatic carbocycles. The van der Waals surface area contributed by atoms with E-state index in [0.717, 1.165) is 36.9 Å². The van der Waals surface area contributed by atoms with Crippen molar-refractivity contribution in [2.24, 2.45) is 5.92 Å². The largest absolute Gasteiger partial charge is 0.486 e. The molecule has 128 valence electrons. The van der Waals surface area contributed by atoms with Crippen molar-refractivity contribution in [2.45, 2.75) is 32.3 Å². The summed E-state index contributed by atoms with van der Waals surface area (Å²) in [6.45, 7) is 6.77. The molecule has 1 fully saturated rings. The first kappa shape index (κ1) is 16.6. The third kappa shape index (κ3) is 5.09. The number of rotatable bonds is 7. The lowest BCUT2D eigenvalue weighted by atomic mass is 10.0. The summed E-state index contributed by atoms with van der Waals surface area (Å²) in [7, 11) is 0. The maximum absolute atomic E-state index is 5.89. The molecule has 0 aromatic heterocycles. The van der Waals surface area contributed by atoms with Crippen LogP contribution in [-0.4, -0.2) is 50.8 Å². The molecule has 0 spiro atoms. The van der Waals surface area contributed by atoms with Gasteiger partial charge >= 0.3 is 0 Å². The van der Waals surface area contributed by atoms with E-state index < -0.39 is 0 Å². The SMILES string of the molecule is CC1CCCN(COCOCCC2COc3ccccc3O2)C1. The molecule has 2 unspecified atom stereocenters. The summed E-state index contributed by atoms with van der Waals surface area (Å²) < 4.78 is 22.7. The fraction of sp³-hybridized carbons (Fsp3) is 0.667.